The number of benzene rings is 2. The normalized spacial score (nSPS) is 22.3. The molecule has 6 heteroatoms. The Kier molecular flexibility index (Phi) is 5.96. The van der Waals surface area contributed by atoms with Gasteiger partial charge in [-0.15, -0.1) is 0 Å². The smallest absolute Gasteiger partial charge is 0.305 e. The van der Waals surface area contributed by atoms with Gasteiger partial charge in [-0.3, -0.25) is 9.78 Å². The highest BCUT2D eigenvalue weighted by Crippen LogP contribution is 2.46. The summed E-state index contributed by atoms with van der Waals surface area (Å²) in [5, 5.41) is 10.1. The molecule has 0 amide bonds. The fourth-order valence-electron chi connectivity index (χ4n) is 4.83. The van der Waals surface area contributed by atoms with Crippen LogP contribution in [0.25, 0.3) is 28.1 Å². The third-order valence-corrected chi connectivity index (χ3v) is 6.33. The lowest BCUT2D eigenvalue weighted by molar-refractivity contribution is -0.290. The van der Waals surface area contributed by atoms with Gasteiger partial charge < -0.3 is 14.6 Å². The minimum absolute atomic E-state index is 0.0809. The quantitative estimate of drug-likeness (QED) is 0.465. The van der Waals surface area contributed by atoms with Crippen molar-refractivity contribution in [3.63, 3.8) is 0 Å². The van der Waals surface area contributed by atoms with Crippen LogP contribution >= 0.6 is 0 Å². The SMILES string of the molecule is CC1(C)O[C@@H](CC(=O)O)C[C@@H](/C=C/c2c(C3CC3)nc3ccccc3c2-c2ccccc2F)O1. The van der Waals surface area contributed by atoms with Crippen molar-refractivity contribution in [2.24, 2.45) is 0 Å². The minimum atomic E-state index is -0.901. The summed E-state index contributed by atoms with van der Waals surface area (Å²) in [5.41, 5.74) is 4.09. The van der Waals surface area contributed by atoms with E-state index in [1.54, 1.807) is 19.9 Å². The molecular formula is C28H28FNO4. The van der Waals surface area contributed by atoms with Gasteiger partial charge in [-0.1, -0.05) is 48.6 Å². The molecule has 2 fully saturated rings. The van der Waals surface area contributed by atoms with Gasteiger partial charge in [0, 0.05) is 34.4 Å². The Labute approximate surface area is 198 Å². The zero-order valence-corrected chi connectivity index (χ0v) is 19.3. The van der Waals surface area contributed by atoms with Crippen LogP contribution in [0.3, 0.4) is 0 Å². The monoisotopic (exact) mass is 461 g/mol. The second-order valence-electron chi connectivity index (χ2n) is 9.55. The highest BCUT2D eigenvalue weighted by atomic mass is 19.1. The first-order chi connectivity index (χ1) is 16.3. The molecule has 1 aliphatic heterocycles. The van der Waals surface area contributed by atoms with Crippen LogP contribution in [0, 0.1) is 5.82 Å². The van der Waals surface area contributed by atoms with E-state index in [4.69, 9.17) is 14.5 Å². The third-order valence-electron chi connectivity index (χ3n) is 6.33. The maximum absolute atomic E-state index is 15.1. The van der Waals surface area contributed by atoms with Crippen molar-refractivity contribution in [2.45, 2.75) is 63.4 Å². The van der Waals surface area contributed by atoms with Crippen molar-refractivity contribution in [3.05, 3.63) is 71.7 Å². The largest absolute Gasteiger partial charge is 0.481 e. The number of aromatic nitrogens is 1. The van der Waals surface area contributed by atoms with Gasteiger partial charge in [0.05, 0.1) is 29.8 Å². The molecule has 1 aliphatic carbocycles. The van der Waals surface area contributed by atoms with Crippen LogP contribution in [0.5, 0.6) is 0 Å². The second-order valence-corrected chi connectivity index (χ2v) is 9.55. The molecule has 5 nitrogen and oxygen atoms in total. The van der Waals surface area contributed by atoms with Crippen LogP contribution < -0.4 is 0 Å². The van der Waals surface area contributed by atoms with Gasteiger partial charge >= 0.3 is 5.97 Å². The molecule has 0 spiro atoms. The summed E-state index contributed by atoms with van der Waals surface area (Å²) in [6.07, 6.45) is 5.62. The van der Waals surface area contributed by atoms with E-state index in [0.29, 0.717) is 17.9 Å². The third kappa shape index (κ3) is 4.74. The van der Waals surface area contributed by atoms with Gasteiger partial charge in [0.15, 0.2) is 5.79 Å². The van der Waals surface area contributed by atoms with Crippen LogP contribution in [0.2, 0.25) is 0 Å². The highest BCUT2D eigenvalue weighted by Gasteiger charge is 2.36. The van der Waals surface area contributed by atoms with E-state index >= 15 is 4.39 Å². The van der Waals surface area contributed by atoms with E-state index < -0.39 is 17.9 Å². The summed E-state index contributed by atoms with van der Waals surface area (Å²) in [4.78, 5) is 16.2. The Balaban J connectivity index is 1.62. The standard InChI is InChI=1S/C28H28FNO4/c1-28(2)33-18(15-19(34-28)16-25(31)32)13-14-22-26(20-7-3-5-9-23(20)29)21-8-4-6-10-24(21)30-27(22)17-11-12-17/h3-10,13-14,17-19H,11-12,15-16H2,1-2H3,(H,31,32)/b14-13+/t18-,19-/m1/s1. The molecule has 34 heavy (non-hydrogen) atoms. The summed E-state index contributed by atoms with van der Waals surface area (Å²) in [6, 6.07) is 14.7. The number of rotatable bonds is 6. The number of aliphatic carboxylic acids is 1. The predicted octanol–water partition coefficient (Wildman–Crippen LogP) is 6.32. The molecule has 0 unspecified atom stereocenters. The molecule has 2 atom stereocenters. The molecule has 5 rings (SSSR count). The van der Waals surface area contributed by atoms with Gasteiger partial charge in [-0.2, -0.15) is 0 Å². The van der Waals surface area contributed by atoms with Crippen LogP contribution in [0.4, 0.5) is 4.39 Å². The lowest BCUT2D eigenvalue weighted by Gasteiger charge is -2.39. The lowest BCUT2D eigenvalue weighted by Crippen LogP contribution is -2.44. The molecule has 1 saturated carbocycles. The van der Waals surface area contributed by atoms with Gasteiger partial charge in [0.25, 0.3) is 0 Å². The number of para-hydroxylation sites is 1. The number of carboxylic acids is 1. The summed E-state index contributed by atoms with van der Waals surface area (Å²) < 4.78 is 26.9. The molecule has 2 aromatic carbocycles. The average molecular weight is 462 g/mol. The number of fused-ring (bicyclic) bond motifs is 1. The molecular weight excluding hydrogens is 433 g/mol. The first kappa shape index (κ1) is 22.7. The van der Waals surface area contributed by atoms with Crippen molar-refractivity contribution in [1.29, 1.82) is 0 Å². The fraction of sp³-hybridized carbons (Fsp3) is 0.357. The van der Waals surface area contributed by atoms with E-state index in [9.17, 15) is 9.90 Å². The Morgan fingerprint density at radius 2 is 1.88 bits per heavy atom. The number of carbonyl (C=O) groups is 1. The van der Waals surface area contributed by atoms with Crippen LogP contribution in [-0.4, -0.2) is 34.1 Å². The van der Waals surface area contributed by atoms with Gasteiger partial charge in [-0.25, -0.2) is 4.39 Å². The van der Waals surface area contributed by atoms with Gasteiger partial charge in [-0.05, 0) is 38.8 Å². The topological polar surface area (TPSA) is 68.7 Å². The van der Waals surface area contributed by atoms with E-state index in [2.05, 4.69) is 0 Å². The minimum Gasteiger partial charge on any atom is -0.481 e. The van der Waals surface area contributed by atoms with Crippen molar-refractivity contribution in [2.75, 3.05) is 0 Å². The summed E-state index contributed by atoms with van der Waals surface area (Å²) in [7, 11) is 0. The van der Waals surface area contributed by atoms with Gasteiger partial charge in [0.2, 0.25) is 0 Å². The molecule has 2 aliphatic rings. The first-order valence-corrected chi connectivity index (χ1v) is 11.7. The summed E-state index contributed by atoms with van der Waals surface area (Å²) >= 11 is 0. The number of nitrogens with zero attached hydrogens (tertiary/aromatic N) is 1. The number of halogens is 1. The fourth-order valence-corrected chi connectivity index (χ4v) is 4.83. The van der Waals surface area contributed by atoms with E-state index in [0.717, 1.165) is 40.6 Å². The van der Waals surface area contributed by atoms with Crippen molar-refractivity contribution in [1.82, 2.24) is 4.98 Å². The van der Waals surface area contributed by atoms with Crippen molar-refractivity contribution in [3.8, 4) is 11.1 Å². The number of pyridine rings is 1. The molecule has 3 aromatic rings. The predicted molar refractivity (Wildman–Crippen MR) is 129 cm³/mol. The van der Waals surface area contributed by atoms with E-state index in [1.165, 1.54) is 6.07 Å². The Morgan fingerprint density at radius 3 is 2.62 bits per heavy atom. The van der Waals surface area contributed by atoms with E-state index in [-0.39, 0.29) is 18.3 Å². The van der Waals surface area contributed by atoms with Crippen molar-refractivity contribution >= 4 is 22.9 Å². The molecule has 176 valence electrons. The number of carboxylic acid groups (broad SMARTS) is 1. The summed E-state index contributed by atoms with van der Waals surface area (Å²) in [5.74, 6) is -1.73. The Hall–Kier alpha value is -3.09. The second kappa shape index (κ2) is 8.93. The first-order valence-electron chi connectivity index (χ1n) is 11.7. The molecule has 1 aromatic heterocycles. The molecule has 2 heterocycles. The summed E-state index contributed by atoms with van der Waals surface area (Å²) in [6.45, 7) is 3.58. The highest BCUT2D eigenvalue weighted by molar-refractivity contribution is 5.99. The number of ether oxygens (including phenoxy) is 2. The Morgan fingerprint density at radius 1 is 1.15 bits per heavy atom. The lowest BCUT2D eigenvalue weighted by atomic mass is 9.91. The maximum Gasteiger partial charge on any atom is 0.305 e. The molecule has 1 N–H and O–H groups in total. The van der Waals surface area contributed by atoms with Gasteiger partial charge in [0.1, 0.15) is 5.82 Å². The molecule has 1 saturated heterocycles. The average Bonchev–Trinajstić information content (AvgIpc) is 3.61. The van der Waals surface area contributed by atoms with Crippen LogP contribution in [0.1, 0.15) is 56.7 Å². The maximum atomic E-state index is 15.1. The molecule has 0 bridgehead atoms. The zero-order valence-electron chi connectivity index (χ0n) is 19.3. The van der Waals surface area contributed by atoms with Crippen LogP contribution in [0.15, 0.2) is 54.6 Å². The van der Waals surface area contributed by atoms with E-state index in [1.807, 2.05) is 48.6 Å². The zero-order chi connectivity index (χ0) is 23.9. The number of hydrogen-bond acceptors (Lipinski definition) is 4. The van der Waals surface area contributed by atoms with Crippen molar-refractivity contribution < 1.29 is 23.8 Å². The van der Waals surface area contributed by atoms with Crippen LogP contribution in [-0.2, 0) is 14.3 Å². The molecule has 0 radical (unpaired) electrons. The number of hydrogen-bond donors (Lipinski definition) is 1. The Bertz CT molecular complexity index is 1260.